The van der Waals surface area contributed by atoms with E-state index >= 15 is 0 Å². The van der Waals surface area contributed by atoms with Crippen LogP contribution < -0.4 is 5.32 Å². The molecule has 2 rings (SSSR count). The lowest BCUT2D eigenvalue weighted by molar-refractivity contribution is -0.137. The molecular weight excluding hydrogens is 367 g/mol. The van der Waals surface area contributed by atoms with E-state index in [9.17, 15) is 22.8 Å². The maximum Gasteiger partial charge on any atom is 0.416 e. The number of benzene rings is 1. The average Bonchev–Trinajstić information content (AvgIpc) is 2.98. The maximum atomic E-state index is 12.8. The number of hydrogen-bond donors (Lipinski definition) is 1. The van der Waals surface area contributed by atoms with Crippen molar-refractivity contribution in [2.45, 2.75) is 26.4 Å². The zero-order valence-electron chi connectivity index (χ0n) is 14.3. The largest absolute Gasteiger partial charge is 0.416 e. The Balaban J connectivity index is 2.13. The number of nitrogens with one attached hydrogen (secondary N) is 1. The van der Waals surface area contributed by atoms with Gasteiger partial charge < -0.3 is 10.2 Å². The monoisotopic (exact) mass is 385 g/mol. The second kappa shape index (κ2) is 8.31. The molecule has 0 spiro atoms. The Bertz CT molecular complexity index is 790. The van der Waals surface area contributed by atoms with Crippen molar-refractivity contribution < 1.29 is 22.8 Å². The van der Waals surface area contributed by atoms with Gasteiger partial charge in [0.15, 0.2) is 5.13 Å². The van der Waals surface area contributed by atoms with E-state index in [4.69, 9.17) is 0 Å². The van der Waals surface area contributed by atoms with Crippen LogP contribution >= 0.6 is 11.3 Å². The van der Waals surface area contributed by atoms with Crippen LogP contribution in [0, 0.1) is 6.92 Å². The molecule has 0 atom stereocenters. The summed E-state index contributed by atoms with van der Waals surface area (Å²) >= 11 is 1.29. The molecule has 1 N–H and O–H groups in total. The Morgan fingerprint density at radius 3 is 2.62 bits per heavy atom. The first-order valence-corrected chi connectivity index (χ1v) is 8.71. The van der Waals surface area contributed by atoms with Gasteiger partial charge in [0.05, 0.1) is 5.56 Å². The van der Waals surface area contributed by atoms with Crippen molar-refractivity contribution in [3.63, 3.8) is 0 Å². The van der Waals surface area contributed by atoms with Gasteiger partial charge in [-0.15, -0.1) is 11.3 Å². The normalized spacial score (nSPS) is 11.3. The molecule has 0 bridgehead atoms. The number of thiazole rings is 1. The number of aryl methyl sites for hydroxylation is 1. The van der Waals surface area contributed by atoms with E-state index in [2.05, 4.69) is 10.3 Å². The van der Waals surface area contributed by atoms with Gasteiger partial charge in [-0.1, -0.05) is 13.0 Å². The first-order chi connectivity index (χ1) is 12.2. The van der Waals surface area contributed by atoms with Gasteiger partial charge in [-0.2, -0.15) is 13.2 Å². The lowest BCUT2D eigenvalue weighted by atomic mass is 10.1. The number of anilines is 1. The Labute approximate surface area is 152 Å². The fourth-order valence-corrected chi connectivity index (χ4v) is 2.96. The molecule has 1 aromatic heterocycles. The molecule has 1 heterocycles. The van der Waals surface area contributed by atoms with Crippen LogP contribution in [0.15, 0.2) is 30.5 Å². The van der Waals surface area contributed by atoms with E-state index < -0.39 is 23.6 Å². The van der Waals surface area contributed by atoms with E-state index in [-0.39, 0.29) is 18.7 Å². The van der Waals surface area contributed by atoms with Gasteiger partial charge in [0.2, 0.25) is 5.91 Å². The minimum Gasteiger partial charge on any atom is -0.329 e. The van der Waals surface area contributed by atoms with Crippen LogP contribution in [0.25, 0.3) is 0 Å². The molecule has 2 aromatic rings. The van der Waals surface area contributed by atoms with Gasteiger partial charge in [0.1, 0.15) is 6.54 Å². The van der Waals surface area contributed by atoms with Gasteiger partial charge in [0.25, 0.3) is 5.91 Å². The smallest absolute Gasteiger partial charge is 0.329 e. The van der Waals surface area contributed by atoms with Crippen LogP contribution in [0.5, 0.6) is 0 Å². The summed E-state index contributed by atoms with van der Waals surface area (Å²) in [5, 5.41) is 3.00. The second-order valence-electron chi connectivity index (χ2n) is 5.63. The molecule has 140 valence electrons. The number of hydrogen-bond acceptors (Lipinski definition) is 4. The molecule has 0 saturated carbocycles. The number of alkyl halides is 3. The van der Waals surface area contributed by atoms with Crippen LogP contribution in [0.2, 0.25) is 0 Å². The molecule has 0 aliphatic rings. The fraction of sp³-hybridized carbons (Fsp3) is 0.353. The SMILES string of the molecule is CCCN(CC(=O)Nc1ncc(C)s1)C(=O)c1cccc(C(F)(F)F)c1. The Hall–Kier alpha value is -2.42. The predicted molar refractivity (Wildman–Crippen MR) is 93.1 cm³/mol. The van der Waals surface area contributed by atoms with Crippen molar-refractivity contribution in [1.82, 2.24) is 9.88 Å². The molecule has 0 aliphatic carbocycles. The molecule has 0 radical (unpaired) electrons. The number of aromatic nitrogens is 1. The number of carbonyl (C=O) groups excluding carboxylic acids is 2. The molecular formula is C17H18F3N3O2S. The lowest BCUT2D eigenvalue weighted by Gasteiger charge is -2.22. The first kappa shape index (κ1) is 19.9. The van der Waals surface area contributed by atoms with Gasteiger partial charge in [-0.25, -0.2) is 4.98 Å². The van der Waals surface area contributed by atoms with Crippen molar-refractivity contribution >= 4 is 28.3 Å². The summed E-state index contributed by atoms with van der Waals surface area (Å²) in [6.45, 7) is 3.64. The molecule has 0 fully saturated rings. The van der Waals surface area contributed by atoms with E-state index in [1.807, 2.05) is 13.8 Å². The standard InChI is InChI=1S/C17H18F3N3O2S/c1-3-7-23(10-14(24)22-16-21-9-11(2)26-16)15(25)12-5-4-6-13(8-12)17(18,19)20/h4-6,8-9H,3,7,10H2,1-2H3,(H,21,22,24). The summed E-state index contributed by atoms with van der Waals surface area (Å²) in [6, 6.07) is 4.19. The highest BCUT2D eigenvalue weighted by Gasteiger charge is 2.31. The zero-order chi connectivity index (χ0) is 19.3. The van der Waals surface area contributed by atoms with E-state index in [1.165, 1.54) is 28.4 Å². The van der Waals surface area contributed by atoms with Crippen LogP contribution in [-0.2, 0) is 11.0 Å². The highest BCUT2D eigenvalue weighted by Crippen LogP contribution is 2.29. The quantitative estimate of drug-likeness (QED) is 0.819. The third-order valence-electron chi connectivity index (χ3n) is 3.42. The predicted octanol–water partition coefficient (Wildman–Crippen LogP) is 3.96. The summed E-state index contributed by atoms with van der Waals surface area (Å²) in [5.41, 5.74) is -1.01. The molecule has 0 saturated heterocycles. The minimum atomic E-state index is -4.54. The molecule has 5 nitrogen and oxygen atoms in total. The van der Waals surface area contributed by atoms with Crippen molar-refractivity contribution in [2.24, 2.45) is 0 Å². The summed E-state index contributed by atoms with van der Waals surface area (Å²) in [6.07, 6.45) is -2.36. The van der Waals surface area contributed by atoms with Gasteiger partial charge in [0, 0.05) is 23.2 Å². The van der Waals surface area contributed by atoms with Crippen LogP contribution in [0.4, 0.5) is 18.3 Å². The zero-order valence-corrected chi connectivity index (χ0v) is 15.1. The highest BCUT2D eigenvalue weighted by atomic mass is 32.1. The average molecular weight is 385 g/mol. The summed E-state index contributed by atoms with van der Waals surface area (Å²) in [4.78, 5) is 30.9. The Morgan fingerprint density at radius 2 is 2.04 bits per heavy atom. The van der Waals surface area contributed by atoms with E-state index in [0.29, 0.717) is 11.6 Å². The maximum absolute atomic E-state index is 12.8. The highest BCUT2D eigenvalue weighted by molar-refractivity contribution is 7.15. The molecule has 2 amide bonds. The molecule has 9 heteroatoms. The van der Waals surface area contributed by atoms with E-state index in [1.54, 1.807) is 6.20 Å². The summed E-state index contributed by atoms with van der Waals surface area (Å²) in [7, 11) is 0. The fourth-order valence-electron chi connectivity index (χ4n) is 2.28. The molecule has 26 heavy (non-hydrogen) atoms. The number of nitrogens with zero attached hydrogens (tertiary/aromatic N) is 2. The van der Waals surface area contributed by atoms with Crippen molar-refractivity contribution in [2.75, 3.05) is 18.4 Å². The third-order valence-corrected chi connectivity index (χ3v) is 4.25. The van der Waals surface area contributed by atoms with Gasteiger partial charge in [-0.3, -0.25) is 9.59 Å². The van der Waals surface area contributed by atoms with Crippen LogP contribution in [-0.4, -0.2) is 34.8 Å². The molecule has 0 unspecified atom stereocenters. The summed E-state index contributed by atoms with van der Waals surface area (Å²) < 4.78 is 38.5. The number of halogens is 3. The van der Waals surface area contributed by atoms with E-state index in [0.717, 1.165) is 17.0 Å². The van der Waals surface area contributed by atoms with Crippen LogP contribution in [0.1, 0.15) is 34.1 Å². The van der Waals surface area contributed by atoms with Crippen molar-refractivity contribution in [3.8, 4) is 0 Å². The minimum absolute atomic E-state index is 0.105. The summed E-state index contributed by atoms with van der Waals surface area (Å²) in [5.74, 6) is -1.07. The molecule has 0 aliphatic heterocycles. The molecule has 1 aromatic carbocycles. The Kier molecular flexibility index (Phi) is 6.36. The van der Waals surface area contributed by atoms with Crippen LogP contribution in [0.3, 0.4) is 0 Å². The Morgan fingerprint density at radius 1 is 1.31 bits per heavy atom. The van der Waals surface area contributed by atoms with Gasteiger partial charge in [-0.05, 0) is 31.5 Å². The van der Waals surface area contributed by atoms with Crippen molar-refractivity contribution in [1.29, 1.82) is 0 Å². The first-order valence-electron chi connectivity index (χ1n) is 7.89. The second-order valence-corrected chi connectivity index (χ2v) is 6.86. The number of rotatable bonds is 6. The van der Waals surface area contributed by atoms with Gasteiger partial charge >= 0.3 is 6.18 Å². The lowest BCUT2D eigenvalue weighted by Crippen LogP contribution is -2.38. The van der Waals surface area contributed by atoms with Crippen molar-refractivity contribution in [3.05, 3.63) is 46.5 Å². The topological polar surface area (TPSA) is 62.3 Å². The number of carbonyl (C=O) groups is 2. The number of amides is 2. The third kappa shape index (κ3) is 5.29.